The second-order valence-corrected chi connectivity index (χ2v) is 16.5. The number of carbonyl (C=O) groups is 2. The fraction of sp³-hybridized carbons (Fsp3) is 0.692. The summed E-state index contributed by atoms with van der Waals surface area (Å²) in [5, 5.41) is 0.0831. The van der Waals surface area contributed by atoms with Crippen molar-refractivity contribution in [2.75, 3.05) is 26.8 Å². The van der Waals surface area contributed by atoms with Crippen LogP contribution < -0.4 is 0 Å². The molecule has 2 rings (SSSR count). The van der Waals surface area contributed by atoms with Gasteiger partial charge in [0.2, 0.25) is 0 Å². The lowest BCUT2D eigenvalue weighted by atomic mass is 9.97. The van der Waals surface area contributed by atoms with Crippen LogP contribution >= 0.6 is 0 Å². The molecule has 1 aliphatic heterocycles. The Morgan fingerprint density at radius 1 is 1.06 bits per heavy atom. The Morgan fingerprint density at radius 2 is 1.68 bits per heavy atom. The summed E-state index contributed by atoms with van der Waals surface area (Å²) >= 11 is 0. The van der Waals surface area contributed by atoms with Crippen LogP contribution in [0.25, 0.3) is 0 Å². The van der Waals surface area contributed by atoms with Crippen LogP contribution in [0.4, 0.5) is 4.79 Å². The van der Waals surface area contributed by atoms with Crippen molar-refractivity contribution in [1.29, 1.82) is 0 Å². The van der Waals surface area contributed by atoms with Crippen molar-refractivity contribution in [2.24, 2.45) is 5.92 Å². The second kappa shape index (κ2) is 11.2. The molecular weight excluding hydrogens is 450 g/mol. The number of amides is 1. The van der Waals surface area contributed by atoms with Crippen LogP contribution in [0.5, 0.6) is 0 Å². The predicted octanol–water partition coefficient (Wildman–Crippen LogP) is 5.56. The fourth-order valence-corrected chi connectivity index (χ4v) is 4.68. The van der Waals surface area contributed by atoms with Crippen LogP contribution in [0.3, 0.4) is 0 Å². The van der Waals surface area contributed by atoms with E-state index in [0.29, 0.717) is 19.6 Å². The number of hydrogen-bond donors (Lipinski definition) is 0. The molecule has 1 aromatic carbocycles. The Labute approximate surface area is 206 Å². The molecule has 0 radical (unpaired) electrons. The Bertz CT molecular complexity index is 815. The SMILES string of the molecule is CO[C@@H](C(=O)O[C@H]1C[C@@H](CO[Si](C)(C)C(C)(C)C)CN(C(=O)OC(C)(C)C)C1)c1ccccc1. The monoisotopic (exact) mass is 493 g/mol. The number of benzene rings is 1. The predicted molar refractivity (Wildman–Crippen MR) is 135 cm³/mol. The standard InChI is InChI=1S/C26H43NO6Si/c1-25(2,3)33-24(29)27-16-19(18-31-34(8,9)26(4,5)6)15-21(17-27)32-23(28)22(30-7)20-13-11-10-12-14-20/h10-14,19,21-22H,15-18H2,1-9H3/t19-,21+,22-/m1/s1. The third kappa shape index (κ3) is 8.10. The normalized spacial score (nSPS) is 20.6. The first kappa shape index (κ1) is 28.3. The molecule has 3 atom stereocenters. The van der Waals surface area contributed by atoms with Crippen molar-refractivity contribution in [1.82, 2.24) is 4.90 Å². The molecule has 7 nitrogen and oxygen atoms in total. The maximum Gasteiger partial charge on any atom is 0.410 e. The summed E-state index contributed by atoms with van der Waals surface area (Å²) in [7, 11) is -0.472. The number of ether oxygens (including phenoxy) is 3. The Kier molecular flexibility index (Phi) is 9.35. The first-order valence-corrected chi connectivity index (χ1v) is 14.9. The van der Waals surface area contributed by atoms with Crippen LogP contribution in [-0.2, 0) is 23.4 Å². The number of methoxy groups -OCH3 is 1. The second-order valence-electron chi connectivity index (χ2n) is 11.6. The first-order valence-electron chi connectivity index (χ1n) is 12.0. The van der Waals surface area contributed by atoms with E-state index < -0.39 is 38.2 Å². The maximum absolute atomic E-state index is 13.0. The van der Waals surface area contributed by atoms with E-state index in [0.717, 1.165) is 5.56 Å². The third-order valence-electron chi connectivity index (χ3n) is 6.47. The molecule has 1 aliphatic rings. The molecule has 8 heteroatoms. The summed E-state index contributed by atoms with van der Waals surface area (Å²) in [5.41, 5.74) is 0.120. The molecule has 0 spiro atoms. The molecule has 0 N–H and O–H groups in total. The zero-order chi connectivity index (χ0) is 25.7. The molecule has 1 saturated heterocycles. The van der Waals surface area contributed by atoms with Gasteiger partial charge in [-0.1, -0.05) is 51.1 Å². The number of esters is 1. The van der Waals surface area contributed by atoms with E-state index in [1.807, 2.05) is 51.1 Å². The van der Waals surface area contributed by atoms with E-state index in [1.54, 1.807) is 4.90 Å². The average molecular weight is 494 g/mol. The first-order chi connectivity index (χ1) is 15.6. The molecule has 1 heterocycles. The number of piperidine rings is 1. The van der Waals surface area contributed by atoms with Gasteiger partial charge in [0, 0.05) is 26.2 Å². The molecule has 0 unspecified atom stereocenters. The summed E-state index contributed by atoms with van der Waals surface area (Å²) < 4.78 is 23.4. The smallest absolute Gasteiger partial charge is 0.410 e. The van der Waals surface area contributed by atoms with Gasteiger partial charge in [0.15, 0.2) is 14.4 Å². The van der Waals surface area contributed by atoms with E-state index in [-0.39, 0.29) is 17.5 Å². The number of carbonyl (C=O) groups excluding carboxylic acids is 2. The fourth-order valence-electron chi connectivity index (χ4n) is 3.60. The van der Waals surface area contributed by atoms with E-state index >= 15 is 0 Å². The maximum atomic E-state index is 13.0. The molecule has 192 valence electrons. The van der Waals surface area contributed by atoms with Gasteiger partial charge >= 0.3 is 12.1 Å². The summed E-state index contributed by atoms with van der Waals surface area (Å²) in [5.74, 6) is -0.431. The highest BCUT2D eigenvalue weighted by Gasteiger charge is 2.40. The van der Waals surface area contributed by atoms with Gasteiger partial charge in [-0.05, 0) is 50.9 Å². The van der Waals surface area contributed by atoms with Gasteiger partial charge in [0.25, 0.3) is 0 Å². The zero-order valence-electron chi connectivity index (χ0n) is 22.3. The number of hydrogen-bond acceptors (Lipinski definition) is 6. The van der Waals surface area contributed by atoms with Crippen LogP contribution in [0.1, 0.15) is 59.6 Å². The Morgan fingerprint density at radius 3 is 2.21 bits per heavy atom. The molecule has 0 saturated carbocycles. The van der Waals surface area contributed by atoms with Crippen LogP contribution in [0.15, 0.2) is 30.3 Å². The summed E-state index contributed by atoms with van der Waals surface area (Å²) in [4.78, 5) is 27.5. The number of rotatable bonds is 7. The lowest BCUT2D eigenvalue weighted by Gasteiger charge is -2.41. The van der Waals surface area contributed by atoms with Gasteiger partial charge in [-0.2, -0.15) is 0 Å². The third-order valence-corrected chi connectivity index (χ3v) is 11.0. The summed E-state index contributed by atoms with van der Waals surface area (Å²) in [6.45, 7) is 17.8. The Hall–Kier alpha value is -1.90. The topological polar surface area (TPSA) is 74.3 Å². The van der Waals surface area contributed by atoms with Crippen molar-refractivity contribution in [2.45, 2.75) is 83.9 Å². The molecule has 0 aromatic heterocycles. The van der Waals surface area contributed by atoms with Crippen molar-refractivity contribution in [3.63, 3.8) is 0 Å². The highest BCUT2D eigenvalue weighted by molar-refractivity contribution is 6.74. The number of nitrogens with zero attached hydrogens (tertiary/aromatic N) is 1. The summed E-state index contributed by atoms with van der Waals surface area (Å²) in [6, 6.07) is 9.26. The quantitative estimate of drug-likeness (QED) is 0.365. The van der Waals surface area contributed by atoms with Gasteiger partial charge in [0.05, 0.1) is 6.54 Å². The average Bonchev–Trinajstić information content (AvgIpc) is 2.71. The van der Waals surface area contributed by atoms with E-state index in [9.17, 15) is 9.59 Å². The highest BCUT2D eigenvalue weighted by atomic mass is 28.4. The van der Waals surface area contributed by atoms with E-state index in [4.69, 9.17) is 18.6 Å². The minimum absolute atomic E-state index is 0.0333. The van der Waals surface area contributed by atoms with Crippen molar-refractivity contribution >= 4 is 20.4 Å². The van der Waals surface area contributed by atoms with E-state index in [1.165, 1.54) is 7.11 Å². The molecule has 1 amide bonds. The lowest BCUT2D eigenvalue weighted by molar-refractivity contribution is -0.165. The molecule has 1 fully saturated rings. The van der Waals surface area contributed by atoms with Gasteiger partial charge < -0.3 is 23.5 Å². The highest BCUT2D eigenvalue weighted by Crippen LogP contribution is 2.37. The van der Waals surface area contributed by atoms with Crippen molar-refractivity contribution in [3.8, 4) is 0 Å². The largest absolute Gasteiger partial charge is 0.458 e. The van der Waals surface area contributed by atoms with Crippen molar-refractivity contribution in [3.05, 3.63) is 35.9 Å². The number of likely N-dealkylation sites (tertiary alicyclic amines) is 1. The molecular formula is C26H43NO6Si. The minimum Gasteiger partial charge on any atom is -0.458 e. The van der Waals surface area contributed by atoms with Crippen LogP contribution in [0, 0.1) is 5.92 Å². The molecule has 0 aliphatic carbocycles. The van der Waals surface area contributed by atoms with Crippen LogP contribution in [-0.4, -0.2) is 63.8 Å². The van der Waals surface area contributed by atoms with Gasteiger partial charge in [-0.25, -0.2) is 9.59 Å². The van der Waals surface area contributed by atoms with Crippen molar-refractivity contribution < 1.29 is 28.2 Å². The van der Waals surface area contributed by atoms with Gasteiger partial charge in [0.1, 0.15) is 11.7 Å². The lowest BCUT2D eigenvalue weighted by Crippen LogP contribution is -2.51. The molecule has 1 aromatic rings. The minimum atomic E-state index is -1.96. The molecule has 0 bridgehead atoms. The molecule has 34 heavy (non-hydrogen) atoms. The Balaban J connectivity index is 2.15. The zero-order valence-corrected chi connectivity index (χ0v) is 23.3. The summed E-state index contributed by atoms with van der Waals surface area (Å²) in [6.07, 6.45) is -1.08. The van der Waals surface area contributed by atoms with E-state index in [2.05, 4.69) is 33.9 Å². The van der Waals surface area contributed by atoms with Crippen LogP contribution in [0.2, 0.25) is 18.1 Å². The van der Waals surface area contributed by atoms with Gasteiger partial charge in [-0.3, -0.25) is 0 Å². The van der Waals surface area contributed by atoms with Gasteiger partial charge in [-0.15, -0.1) is 0 Å².